The van der Waals surface area contributed by atoms with Crippen molar-refractivity contribution in [3.63, 3.8) is 0 Å². The third-order valence-electron chi connectivity index (χ3n) is 5.03. The van der Waals surface area contributed by atoms with Crippen molar-refractivity contribution in [2.75, 3.05) is 31.3 Å². The van der Waals surface area contributed by atoms with Crippen molar-refractivity contribution < 1.29 is 4.74 Å². The van der Waals surface area contributed by atoms with Crippen molar-refractivity contribution in [1.82, 2.24) is 29.2 Å². The van der Waals surface area contributed by atoms with Crippen LogP contribution in [-0.2, 0) is 4.74 Å². The lowest BCUT2D eigenvalue weighted by molar-refractivity contribution is 0.165. The molecule has 0 amide bonds. The van der Waals surface area contributed by atoms with Gasteiger partial charge in [-0.15, -0.1) is 5.10 Å². The van der Waals surface area contributed by atoms with E-state index in [4.69, 9.17) is 10.5 Å². The maximum atomic E-state index is 5.70. The van der Waals surface area contributed by atoms with Gasteiger partial charge >= 0.3 is 0 Å². The van der Waals surface area contributed by atoms with Crippen LogP contribution in [0.5, 0.6) is 0 Å². The molecule has 0 bridgehead atoms. The molecule has 3 N–H and O–H groups in total. The van der Waals surface area contributed by atoms with E-state index in [9.17, 15) is 0 Å². The maximum absolute atomic E-state index is 5.70. The minimum atomic E-state index is 0.215. The summed E-state index contributed by atoms with van der Waals surface area (Å²) in [6.45, 7) is 2.12. The van der Waals surface area contributed by atoms with E-state index < -0.39 is 0 Å². The Balaban J connectivity index is 0.000000224. The second kappa shape index (κ2) is 6.20. The molecule has 2 fully saturated rings. The molecule has 0 spiro atoms. The summed E-state index contributed by atoms with van der Waals surface area (Å²) in [5.74, 6) is 2.86. The molecule has 0 unspecified atom stereocenters. The molecular weight excluding hydrogens is 344 g/mol. The van der Waals surface area contributed by atoms with Crippen LogP contribution in [0.1, 0.15) is 6.42 Å². The molecule has 1 aliphatic heterocycles. The topological polar surface area (TPSA) is 108 Å². The first-order valence-corrected chi connectivity index (χ1v) is 8.94. The lowest BCUT2D eigenvalue weighted by atomic mass is 10.2. The fourth-order valence-corrected chi connectivity index (χ4v) is 3.47. The Morgan fingerprint density at radius 2 is 1.96 bits per heavy atom. The number of anilines is 2. The summed E-state index contributed by atoms with van der Waals surface area (Å²) in [5, 5.41) is 11.8. The summed E-state index contributed by atoms with van der Waals surface area (Å²) < 4.78 is 8.54. The van der Waals surface area contributed by atoms with Crippen molar-refractivity contribution >= 4 is 22.9 Å². The number of nitrogens with zero attached hydrogens (tertiary/aromatic N) is 6. The molecule has 9 nitrogen and oxygen atoms in total. The molecule has 138 valence electrons. The third kappa shape index (κ3) is 2.85. The van der Waals surface area contributed by atoms with Crippen LogP contribution in [0.2, 0.25) is 0 Å². The molecule has 6 rings (SSSR count). The third-order valence-corrected chi connectivity index (χ3v) is 5.03. The van der Waals surface area contributed by atoms with Crippen LogP contribution >= 0.6 is 0 Å². The SMILES string of the molecule is C1OC[C@H]2C[C@@H]12.CNc1nc(N)nn2ccc(-c3ccc4nccn4n3)c12. The number of rotatable bonds is 2. The van der Waals surface area contributed by atoms with Crippen LogP contribution in [0.15, 0.2) is 36.8 Å². The van der Waals surface area contributed by atoms with Gasteiger partial charge in [-0.25, -0.2) is 14.0 Å². The van der Waals surface area contributed by atoms with Gasteiger partial charge in [-0.2, -0.15) is 10.1 Å². The summed E-state index contributed by atoms with van der Waals surface area (Å²) in [5.41, 5.74) is 9.07. The van der Waals surface area contributed by atoms with E-state index in [1.165, 1.54) is 6.42 Å². The summed E-state index contributed by atoms with van der Waals surface area (Å²) in [7, 11) is 1.80. The largest absolute Gasteiger partial charge is 0.381 e. The van der Waals surface area contributed by atoms with Crippen LogP contribution in [-0.4, -0.2) is 49.5 Å². The predicted octanol–water partition coefficient (Wildman–Crippen LogP) is 1.72. The Hall–Kier alpha value is -3.20. The molecule has 5 heterocycles. The fraction of sp³-hybridized carbons (Fsp3) is 0.333. The molecule has 0 aromatic carbocycles. The first-order valence-electron chi connectivity index (χ1n) is 8.94. The molecular formula is C18H20N8O. The van der Waals surface area contributed by atoms with Gasteiger partial charge in [0.15, 0.2) is 11.5 Å². The number of imidazole rings is 1. The Kier molecular flexibility index (Phi) is 3.68. The highest BCUT2D eigenvalue weighted by atomic mass is 16.5. The highest BCUT2D eigenvalue weighted by molar-refractivity contribution is 5.87. The van der Waals surface area contributed by atoms with Gasteiger partial charge in [0.2, 0.25) is 5.95 Å². The van der Waals surface area contributed by atoms with Gasteiger partial charge in [-0.3, -0.25) is 0 Å². The highest BCUT2D eigenvalue weighted by Gasteiger charge is 2.41. The molecule has 9 heteroatoms. The Bertz CT molecular complexity index is 1110. The molecule has 2 aliphatic rings. The lowest BCUT2D eigenvalue weighted by Crippen LogP contribution is -2.05. The predicted molar refractivity (Wildman–Crippen MR) is 101 cm³/mol. The zero-order valence-electron chi connectivity index (χ0n) is 14.9. The number of hydrogen-bond acceptors (Lipinski definition) is 7. The van der Waals surface area contributed by atoms with Crippen molar-refractivity contribution in [2.45, 2.75) is 6.42 Å². The van der Waals surface area contributed by atoms with Gasteiger partial charge in [0, 0.05) is 44.4 Å². The highest BCUT2D eigenvalue weighted by Crippen LogP contribution is 2.43. The summed E-state index contributed by atoms with van der Waals surface area (Å²) in [6.07, 6.45) is 6.82. The molecule has 2 atom stereocenters. The number of nitrogen functional groups attached to an aromatic ring is 1. The molecule has 1 saturated carbocycles. The lowest BCUT2D eigenvalue weighted by Gasteiger charge is -2.06. The van der Waals surface area contributed by atoms with Crippen molar-refractivity contribution in [3.8, 4) is 11.3 Å². The second-order valence-corrected chi connectivity index (χ2v) is 6.83. The maximum Gasteiger partial charge on any atom is 0.240 e. The van der Waals surface area contributed by atoms with Crippen LogP contribution in [0.3, 0.4) is 0 Å². The summed E-state index contributed by atoms with van der Waals surface area (Å²) in [4.78, 5) is 8.41. The van der Waals surface area contributed by atoms with Crippen LogP contribution in [0, 0.1) is 11.8 Å². The van der Waals surface area contributed by atoms with Crippen molar-refractivity contribution in [3.05, 3.63) is 36.8 Å². The minimum absolute atomic E-state index is 0.215. The van der Waals surface area contributed by atoms with Gasteiger partial charge in [0.05, 0.1) is 5.69 Å². The normalized spacial score (nSPS) is 20.3. The van der Waals surface area contributed by atoms with Gasteiger partial charge in [-0.05, 0) is 36.5 Å². The zero-order chi connectivity index (χ0) is 18.4. The number of hydrogen-bond donors (Lipinski definition) is 2. The minimum Gasteiger partial charge on any atom is -0.381 e. The van der Waals surface area contributed by atoms with Gasteiger partial charge in [0.25, 0.3) is 0 Å². The second-order valence-electron chi connectivity index (χ2n) is 6.83. The average molecular weight is 364 g/mol. The Morgan fingerprint density at radius 3 is 2.67 bits per heavy atom. The molecule has 27 heavy (non-hydrogen) atoms. The van der Waals surface area contributed by atoms with E-state index in [0.29, 0.717) is 5.82 Å². The van der Waals surface area contributed by atoms with E-state index in [-0.39, 0.29) is 5.95 Å². The van der Waals surface area contributed by atoms with E-state index in [1.807, 2.05) is 30.6 Å². The zero-order valence-corrected chi connectivity index (χ0v) is 14.9. The number of aromatic nitrogens is 6. The molecule has 4 aromatic heterocycles. The Labute approximate surface area is 155 Å². The molecule has 0 radical (unpaired) electrons. The molecule has 4 aromatic rings. The number of ether oxygens (including phenoxy) is 1. The Morgan fingerprint density at radius 1 is 1.11 bits per heavy atom. The van der Waals surface area contributed by atoms with Crippen molar-refractivity contribution in [1.29, 1.82) is 0 Å². The monoisotopic (exact) mass is 364 g/mol. The number of nitrogens with one attached hydrogen (secondary N) is 1. The van der Waals surface area contributed by atoms with E-state index >= 15 is 0 Å². The van der Waals surface area contributed by atoms with Gasteiger partial charge < -0.3 is 15.8 Å². The number of nitrogens with two attached hydrogens (primary N) is 1. The van der Waals surface area contributed by atoms with E-state index in [1.54, 1.807) is 22.3 Å². The quantitative estimate of drug-likeness (QED) is 0.557. The first kappa shape index (κ1) is 16.0. The van der Waals surface area contributed by atoms with E-state index in [2.05, 4.69) is 25.5 Å². The number of fused-ring (bicyclic) bond motifs is 3. The summed E-state index contributed by atoms with van der Waals surface area (Å²) >= 11 is 0. The van der Waals surface area contributed by atoms with Crippen molar-refractivity contribution in [2.24, 2.45) is 11.8 Å². The van der Waals surface area contributed by atoms with E-state index in [0.717, 1.165) is 47.5 Å². The summed E-state index contributed by atoms with van der Waals surface area (Å²) in [6, 6.07) is 5.78. The standard InChI is InChI=1S/C13H12N8.C5H8O/c1-15-12-11-8(4-6-21(11)19-13(14)17-12)9-2-3-10-16-5-7-20(10)18-9;1-4-2-6-3-5(1)4/h2-7H,1H3,(H3,14,15,17,19);4-5H,1-3H2/t;4-,5+. The molecule has 1 saturated heterocycles. The first-order chi connectivity index (χ1) is 13.2. The van der Waals surface area contributed by atoms with Gasteiger partial charge in [0.1, 0.15) is 5.52 Å². The molecule has 1 aliphatic carbocycles. The average Bonchev–Trinajstić information content (AvgIpc) is 3.10. The van der Waals surface area contributed by atoms with Crippen LogP contribution in [0.25, 0.3) is 22.4 Å². The van der Waals surface area contributed by atoms with Crippen LogP contribution in [0.4, 0.5) is 11.8 Å². The fourth-order valence-electron chi connectivity index (χ4n) is 3.47. The van der Waals surface area contributed by atoms with Crippen LogP contribution < -0.4 is 11.1 Å². The smallest absolute Gasteiger partial charge is 0.240 e. The van der Waals surface area contributed by atoms with Gasteiger partial charge in [-0.1, -0.05) is 0 Å².